The van der Waals surface area contributed by atoms with Crippen LogP contribution >= 0.6 is 0 Å². The van der Waals surface area contributed by atoms with Crippen molar-refractivity contribution in [3.8, 4) is 5.69 Å². The Balaban J connectivity index is 1.82. The number of nitrogens with one attached hydrogen (secondary N) is 1. The molecule has 0 unspecified atom stereocenters. The van der Waals surface area contributed by atoms with Crippen LogP contribution in [0.4, 0.5) is 5.69 Å². The summed E-state index contributed by atoms with van der Waals surface area (Å²) < 4.78 is 1.74. The highest BCUT2D eigenvalue weighted by Crippen LogP contribution is 2.19. The zero-order valence-electron chi connectivity index (χ0n) is 10.3. The molecule has 0 radical (unpaired) electrons. The number of rotatable bonds is 4. The molecular weight excluding hydrogens is 238 g/mol. The summed E-state index contributed by atoms with van der Waals surface area (Å²) in [6, 6.07) is 12.0. The number of hydrogen-bond acceptors (Lipinski definition) is 4. The lowest BCUT2D eigenvalue weighted by atomic mass is 10.2. The van der Waals surface area contributed by atoms with E-state index >= 15 is 0 Å². The molecule has 3 rings (SSSR count). The minimum absolute atomic E-state index is 0.744. The molecule has 0 aliphatic heterocycles. The van der Waals surface area contributed by atoms with Gasteiger partial charge in [-0.3, -0.25) is 4.98 Å². The van der Waals surface area contributed by atoms with Gasteiger partial charge in [-0.15, -0.1) is 5.10 Å². The lowest BCUT2D eigenvalue weighted by Crippen LogP contribution is -2.05. The maximum absolute atomic E-state index is 4.02. The second-order valence-corrected chi connectivity index (χ2v) is 4.07. The average molecular weight is 251 g/mol. The maximum atomic E-state index is 4.02. The van der Waals surface area contributed by atoms with Crippen molar-refractivity contribution in [3.05, 3.63) is 66.7 Å². The molecule has 1 aromatic carbocycles. The van der Waals surface area contributed by atoms with Crippen LogP contribution in [0.25, 0.3) is 5.69 Å². The molecule has 5 nitrogen and oxygen atoms in total. The van der Waals surface area contributed by atoms with Crippen molar-refractivity contribution >= 4 is 5.69 Å². The molecule has 2 aromatic heterocycles. The van der Waals surface area contributed by atoms with E-state index < -0.39 is 0 Å². The molecule has 0 saturated heterocycles. The standard InChI is InChI=1S/C14H13N5/c1-2-4-14(19-10-9-17-18-19)13(3-1)16-11-12-5-7-15-8-6-12/h1-10,16H,11H2. The highest BCUT2D eigenvalue weighted by atomic mass is 15.4. The van der Waals surface area contributed by atoms with E-state index in [1.54, 1.807) is 23.3 Å². The molecule has 2 heterocycles. The molecule has 3 aromatic rings. The fraction of sp³-hybridized carbons (Fsp3) is 0.0714. The Hall–Kier alpha value is -2.69. The van der Waals surface area contributed by atoms with Crippen LogP contribution in [0.15, 0.2) is 61.2 Å². The number of aromatic nitrogens is 4. The third-order valence-electron chi connectivity index (χ3n) is 2.81. The van der Waals surface area contributed by atoms with E-state index in [4.69, 9.17) is 0 Å². The van der Waals surface area contributed by atoms with Gasteiger partial charge in [-0.05, 0) is 29.8 Å². The minimum Gasteiger partial charge on any atom is -0.379 e. The van der Waals surface area contributed by atoms with Gasteiger partial charge in [-0.1, -0.05) is 17.3 Å². The van der Waals surface area contributed by atoms with Gasteiger partial charge in [0.1, 0.15) is 0 Å². The molecule has 19 heavy (non-hydrogen) atoms. The van der Waals surface area contributed by atoms with Crippen molar-refractivity contribution < 1.29 is 0 Å². The molecule has 0 atom stereocenters. The summed E-state index contributed by atoms with van der Waals surface area (Å²) in [5, 5.41) is 11.3. The van der Waals surface area contributed by atoms with Crippen molar-refractivity contribution in [2.75, 3.05) is 5.32 Å². The van der Waals surface area contributed by atoms with E-state index in [0.29, 0.717) is 0 Å². The number of anilines is 1. The van der Waals surface area contributed by atoms with Gasteiger partial charge >= 0.3 is 0 Å². The molecule has 94 valence electrons. The molecular formula is C14H13N5. The number of pyridine rings is 1. The van der Waals surface area contributed by atoms with Crippen LogP contribution in [-0.4, -0.2) is 20.0 Å². The Bertz CT molecular complexity index is 634. The molecule has 0 spiro atoms. The van der Waals surface area contributed by atoms with Gasteiger partial charge in [0, 0.05) is 18.9 Å². The molecule has 1 N–H and O–H groups in total. The van der Waals surface area contributed by atoms with Crippen molar-refractivity contribution in [2.45, 2.75) is 6.54 Å². The van der Waals surface area contributed by atoms with Crippen LogP contribution in [0.5, 0.6) is 0 Å². The third-order valence-corrected chi connectivity index (χ3v) is 2.81. The van der Waals surface area contributed by atoms with Crippen LogP contribution < -0.4 is 5.32 Å². The zero-order valence-corrected chi connectivity index (χ0v) is 10.3. The fourth-order valence-corrected chi connectivity index (χ4v) is 1.86. The van der Waals surface area contributed by atoms with E-state index in [9.17, 15) is 0 Å². The van der Waals surface area contributed by atoms with E-state index in [1.807, 2.05) is 42.6 Å². The summed E-state index contributed by atoms with van der Waals surface area (Å²) in [6.07, 6.45) is 7.08. The second-order valence-electron chi connectivity index (χ2n) is 4.07. The summed E-state index contributed by atoms with van der Waals surface area (Å²) in [5.74, 6) is 0. The Kier molecular flexibility index (Phi) is 3.18. The Morgan fingerprint density at radius 3 is 2.63 bits per heavy atom. The van der Waals surface area contributed by atoms with Crippen molar-refractivity contribution in [3.63, 3.8) is 0 Å². The monoisotopic (exact) mass is 251 g/mol. The Labute approximate surface area is 110 Å². The van der Waals surface area contributed by atoms with Crippen LogP contribution in [-0.2, 0) is 6.54 Å². The van der Waals surface area contributed by atoms with Gasteiger partial charge < -0.3 is 5.32 Å². The largest absolute Gasteiger partial charge is 0.379 e. The molecule has 0 amide bonds. The maximum Gasteiger partial charge on any atom is 0.0894 e. The van der Waals surface area contributed by atoms with Crippen molar-refractivity contribution in [2.24, 2.45) is 0 Å². The van der Waals surface area contributed by atoms with Crippen molar-refractivity contribution in [1.82, 2.24) is 20.0 Å². The normalized spacial score (nSPS) is 10.3. The molecule has 0 fully saturated rings. The summed E-state index contributed by atoms with van der Waals surface area (Å²) >= 11 is 0. The highest BCUT2D eigenvalue weighted by molar-refractivity contribution is 5.60. The first-order chi connectivity index (χ1) is 9.43. The van der Waals surface area contributed by atoms with Crippen molar-refractivity contribution in [1.29, 1.82) is 0 Å². The highest BCUT2D eigenvalue weighted by Gasteiger charge is 2.04. The summed E-state index contributed by atoms with van der Waals surface area (Å²) in [7, 11) is 0. The van der Waals surface area contributed by atoms with Gasteiger partial charge in [0.25, 0.3) is 0 Å². The van der Waals surface area contributed by atoms with E-state index in [1.165, 1.54) is 5.56 Å². The number of nitrogens with zero attached hydrogens (tertiary/aromatic N) is 4. The number of para-hydroxylation sites is 2. The average Bonchev–Trinajstić information content (AvgIpc) is 3.01. The topological polar surface area (TPSA) is 55.6 Å². The van der Waals surface area contributed by atoms with Gasteiger partial charge in [0.05, 0.1) is 23.8 Å². The molecule has 5 heteroatoms. The van der Waals surface area contributed by atoms with Gasteiger partial charge in [0.2, 0.25) is 0 Å². The van der Waals surface area contributed by atoms with E-state index in [-0.39, 0.29) is 0 Å². The summed E-state index contributed by atoms with van der Waals surface area (Å²) in [6.45, 7) is 0.744. The smallest absolute Gasteiger partial charge is 0.0894 e. The van der Waals surface area contributed by atoms with Gasteiger partial charge in [-0.25, -0.2) is 4.68 Å². The quantitative estimate of drug-likeness (QED) is 0.773. The Morgan fingerprint density at radius 2 is 1.84 bits per heavy atom. The molecule has 0 bridgehead atoms. The fourth-order valence-electron chi connectivity index (χ4n) is 1.86. The van der Waals surface area contributed by atoms with E-state index in [0.717, 1.165) is 17.9 Å². The summed E-state index contributed by atoms with van der Waals surface area (Å²) in [4.78, 5) is 4.01. The van der Waals surface area contributed by atoms with Crippen LogP contribution in [0.1, 0.15) is 5.56 Å². The van der Waals surface area contributed by atoms with Gasteiger partial charge in [0.15, 0.2) is 0 Å². The third kappa shape index (κ3) is 2.60. The Morgan fingerprint density at radius 1 is 1.00 bits per heavy atom. The SMILES string of the molecule is c1ccc(-n2ccnn2)c(NCc2ccncc2)c1. The lowest BCUT2D eigenvalue weighted by molar-refractivity contribution is 0.803. The minimum atomic E-state index is 0.744. The summed E-state index contributed by atoms with van der Waals surface area (Å²) in [5.41, 5.74) is 3.18. The van der Waals surface area contributed by atoms with Crippen LogP contribution in [0.2, 0.25) is 0 Å². The van der Waals surface area contributed by atoms with Crippen LogP contribution in [0.3, 0.4) is 0 Å². The zero-order chi connectivity index (χ0) is 12.9. The second kappa shape index (κ2) is 5.30. The van der Waals surface area contributed by atoms with E-state index in [2.05, 4.69) is 20.6 Å². The van der Waals surface area contributed by atoms with Gasteiger partial charge in [-0.2, -0.15) is 0 Å². The first-order valence-electron chi connectivity index (χ1n) is 6.02. The molecule has 0 aliphatic rings. The first kappa shape index (κ1) is 11.4. The predicted octanol–water partition coefficient (Wildman–Crippen LogP) is 2.27. The molecule has 0 aliphatic carbocycles. The lowest BCUT2D eigenvalue weighted by Gasteiger charge is -2.11. The number of hydrogen-bond donors (Lipinski definition) is 1. The number of benzene rings is 1. The predicted molar refractivity (Wildman–Crippen MR) is 72.9 cm³/mol. The first-order valence-corrected chi connectivity index (χ1v) is 6.02. The molecule has 0 saturated carbocycles. The van der Waals surface area contributed by atoms with Crippen LogP contribution in [0, 0.1) is 0 Å².